The van der Waals surface area contributed by atoms with E-state index in [4.69, 9.17) is 5.73 Å². The monoisotopic (exact) mass is 692 g/mol. The molecule has 0 radical (unpaired) electrons. The van der Waals surface area contributed by atoms with E-state index in [-0.39, 0.29) is 34.9 Å². The third-order valence-corrected chi connectivity index (χ3v) is 11.6. The van der Waals surface area contributed by atoms with E-state index in [1.807, 2.05) is 51.9 Å². The number of rotatable bonds is 13. The molecule has 1 aromatic carbocycles. The van der Waals surface area contributed by atoms with Crippen LogP contribution in [0.4, 0.5) is 10.5 Å². The highest BCUT2D eigenvalue weighted by molar-refractivity contribution is 6.37. The predicted molar refractivity (Wildman–Crippen MR) is 190 cm³/mol. The number of piperidine rings is 1. The molecule has 0 aromatic heterocycles. The lowest BCUT2D eigenvalue weighted by Crippen LogP contribution is -2.62. The Bertz CT molecular complexity index is 1490. The zero-order chi connectivity index (χ0) is 36.7. The maximum Gasteiger partial charge on any atom is 0.316 e. The molecule has 2 unspecified atom stereocenters. The maximum absolute atomic E-state index is 14.5. The van der Waals surface area contributed by atoms with Gasteiger partial charge in [0.25, 0.3) is 5.91 Å². The Kier molecular flexibility index (Phi) is 10.7. The lowest BCUT2D eigenvalue weighted by molar-refractivity contribution is -0.145. The largest absolute Gasteiger partial charge is 0.378 e. The van der Waals surface area contributed by atoms with Crippen molar-refractivity contribution < 1.29 is 28.8 Å². The van der Waals surface area contributed by atoms with Crippen molar-refractivity contribution in [3.8, 4) is 0 Å². The number of fused-ring (bicyclic) bond motifs is 1. The summed E-state index contributed by atoms with van der Waals surface area (Å²) in [5.74, 6) is -2.87. The quantitative estimate of drug-likeness (QED) is 0.181. The summed E-state index contributed by atoms with van der Waals surface area (Å²) in [6.45, 7) is 9.98. The van der Waals surface area contributed by atoms with Crippen LogP contribution in [0.1, 0.15) is 96.3 Å². The molecule has 6 atom stereocenters. The number of carbonyl (C=O) groups is 6. The Hall–Kier alpha value is -3.96. The predicted octanol–water partition coefficient (Wildman–Crippen LogP) is 3.42. The third-order valence-electron chi connectivity index (χ3n) is 11.6. The first kappa shape index (κ1) is 37.3. The zero-order valence-corrected chi connectivity index (χ0v) is 30.7. The van der Waals surface area contributed by atoms with Crippen molar-refractivity contribution in [2.75, 3.05) is 25.5 Å². The number of anilines is 1. The van der Waals surface area contributed by atoms with Crippen molar-refractivity contribution >= 4 is 41.0 Å². The smallest absolute Gasteiger partial charge is 0.316 e. The Morgan fingerprint density at radius 2 is 1.54 bits per heavy atom. The number of nitrogens with one attached hydrogen (secondary N) is 3. The van der Waals surface area contributed by atoms with Crippen molar-refractivity contribution in [3.05, 3.63) is 29.8 Å². The van der Waals surface area contributed by atoms with Gasteiger partial charge in [-0.05, 0) is 78.0 Å². The van der Waals surface area contributed by atoms with E-state index >= 15 is 0 Å². The van der Waals surface area contributed by atoms with Gasteiger partial charge in [0.15, 0.2) is 5.78 Å². The van der Waals surface area contributed by atoms with E-state index in [0.29, 0.717) is 18.5 Å². The van der Waals surface area contributed by atoms with Gasteiger partial charge in [-0.15, -0.1) is 0 Å². The topological polar surface area (TPSA) is 171 Å². The number of hydrogen-bond acceptors (Lipinski definition) is 7. The summed E-state index contributed by atoms with van der Waals surface area (Å²) in [5, 5.41) is 8.66. The third kappa shape index (κ3) is 7.99. The van der Waals surface area contributed by atoms with Crippen LogP contribution in [0.5, 0.6) is 0 Å². The molecular formula is C38H56N6O6. The number of carbonyl (C=O) groups excluding carboxylic acids is 6. The normalized spacial score (nSPS) is 24.6. The van der Waals surface area contributed by atoms with Crippen LogP contribution in [-0.2, 0) is 19.2 Å². The van der Waals surface area contributed by atoms with E-state index in [9.17, 15) is 28.8 Å². The second-order valence-electron chi connectivity index (χ2n) is 17.0. The first-order valence-electron chi connectivity index (χ1n) is 18.2. The van der Waals surface area contributed by atoms with Crippen LogP contribution in [0, 0.1) is 34.5 Å². The highest BCUT2D eigenvalue weighted by atomic mass is 16.2. The van der Waals surface area contributed by atoms with Gasteiger partial charge in [-0.25, -0.2) is 4.79 Å². The molecule has 1 saturated heterocycles. The summed E-state index contributed by atoms with van der Waals surface area (Å²) in [6.07, 6.45) is 6.84. The molecule has 5 N–H and O–H groups in total. The minimum atomic E-state index is -1.10. The molecule has 1 aliphatic heterocycles. The fraction of sp³-hybridized carbons (Fsp3) is 0.684. The molecule has 12 nitrogen and oxygen atoms in total. The number of primary amides is 1. The average molecular weight is 693 g/mol. The van der Waals surface area contributed by atoms with Gasteiger partial charge in [0.05, 0.1) is 12.1 Å². The summed E-state index contributed by atoms with van der Waals surface area (Å²) < 4.78 is 0. The molecule has 5 rings (SSSR count). The SMILES string of the molecule is CN(C)c1ccc(C(=O)[C@@H](NC(=O)N[C@H](C(=O)N2CC3[C@@H]([C@H]2C(=O)NC(CC2CC2)C(=O)C(N)=O)C3(C)C)C(C)(C)C)C2CCCCC2)cc1. The summed E-state index contributed by atoms with van der Waals surface area (Å²) in [5.41, 5.74) is 5.85. The number of benzene rings is 1. The average Bonchev–Trinajstić information content (AvgIpc) is 3.92. The Labute approximate surface area is 296 Å². The van der Waals surface area contributed by atoms with Gasteiger partial charge in [-0.3, -0.25) is 24.0 Å². The second-order valence-corrected chi connectivity index (χ2v) is 17.0. The molecule has 50 heavy (non-hydrogen) atoms. The first-order valence-corrected chi connectivity index (χ1v) is 18.2. The van der Waals surface area contributed by atoms with Crippen LogP contribution in [0.15, 0.2) is 24.3 Å². The van der Waals surface area contributed by atoms with Crippen molar-refractivity contribution in [2.45, 2.75) is 110 Å². The van der Waals surface area contributed by atoms with Gasteiger partial charge in [0.2, 0.25) is 17.6 Å². The van der Waals surface area contributed by atoms with Gasteiger partial charge in [-0.1, -0.05) is 66.7 Å². The van der Waals surface area contributed by atoms with Gasteiger partial charge in [0.1, 0.15) is 12.1 Å². The molecule has 4 fully saturated rings. The number of amides is 5. The first-order chi connectivity index (χ1) is 23.4. The van der Waals surface area contributed by atoms with Gasteiger partial charge in [-0.2, -0.15) is 0 Å². The molecule has 0 spiro atoms. The summed E-state index contributed by atoms with van der Waals surface area (Å²) in [4.78, 5) is 84.2. The second kappa shape index (κ2) is 14.3. The minimum Gasteiger partial charge on any atom is -0.378 e. The summed E-state index contributed by atoms with van der Waals surface area (Å²) >= 11 is 0. The highest BCUT2D eigenvalue weighted by Crippen LogP contribution is 2.65. The standard InChI is InChI=1S/C38H56N6O6/c1-37(2,3)32(42-36(50)41-28(22-11-9-8-10-12-22)30(45)23-15-17-24(18-16-23)43(6)7)35(49)44-20-25-27(38(25,4)5)29(44)34(48)40-26(19-21-13-14-21)31(46)33(39)47/h15-18,21-22,25-29,32H,8-14,19-20H2,1-7H3,(H2,39,47)(H,40,48)(H2,41,42,50)/t25?,26?,27-,28-,29-,32+/m0/s1. The van der Waals surface area contributed by atoms with Crippen molar-refractivity contribution in [1.82, 2.24) is 20.9 Å². The minimum absolute atomic E-state index is 0.0352. The van der Waals surface area contributed by atoms with E-state index < -0.39 is 59.1 Å². The number of urea groups is 1. The lowest BCUT2D eigenvalue weighted by atomic mass is 9.81. The van der Waals surface area contributed by atoms with Crippen molar-refractivity contribution in [2.24, 2.45) is 40.2 Å². The summed E-state index contributed by atoms with van der Waals surface area (Å²) in [6, 6.07) is 3.02. The molecular weight excluding hydrogens is 636 g/mol. The molecule has 12 heteroatoms. The Morgan fingerprint density at radius 3 is 2.08 bits per heavy atom. The number of nitrogens with two attached hydrogens (primary N) is 1. The number of hydrogen-bond donors (Lipinski definition) is 4. The van der Waals surface area contributed by atoms with E-state index in [2.05, 4.69) is 29.8 Å². The molecule has 5 amide bonds. The maximum atomic E-state index is 14.5. The Morgan fingerprint density at radius 1 is 0.920 bits per heavy atom. The number of Topliss-reactive ketones (excluding diaryl/α,β-unsaturated/α-hetero) is 2. The molecule has 3 saturated carbocycles. The number of likely N-dealkylation sites (tertiary alicyclic amines) is 1. The van der Waals surface area contributed by atoms with Crippen molar-refractivity contribution in [3.63, 3.8) is 0 Å². The number of ketones is 2. The molecule has 4 aliphatic rings. The van der Waals surface area contributed by atoms with Crippen molar-refractivity contribution in [1.29, 1.82) is 0 Å². The van der Waals surface area contributed by atoms with Gasteiger partial charge < -0.3 is 31.5 Å². The molecule has 1 aromatic rings. The molecule has 0 bridgehead atoms. The number of nitrogens with zero attached hydrogens (tertiary/aromatic N) is 2. The fourth-order valence-corrected chi connectivity index (χ4v) is 8.26. The molecule has 3 aliphatic carbocycles. The van der Waals surface area contributed by atoms with E-state index in [1.54, 1.807) is 12.1 Å². The summed E-state index contributed by atoms with van der Waals surface area (Å²) in [7, 11) is 3.86. The Balaban J connectivity index is 1.34. The van der Waals surface area contributed by atoms with E-state index in [0.717, 1.165) is 50.6 Å². The fourth-order valence-electron chi connectivity index (χ4n) is 8.26. The molecule has 1 heterocycles. The van der Waals surface area contributed by atoms with Crippen LogP contribution in [0.2, 0.25) is 0 Å². The van der Waals surface area contributed by atoms with Crippen LogP contribution in [0.3, 0.4) is 0 Å². The van der Waals surface area contributed by atoms with Crippen LogP contribution < -0.4 is 26.6 Å². The van der Waals surface area contributed by atoms with Gasteiger partial charge in [0, 0.05) is 31.9 Å². The lowest BCUT2D eigenvalue weighted by Gasteiger charge is -2.38. The van der Waals surface area contributed by atoms with Crippen LogP contribution in [0.25, 0.3) is 0 Å². The van der Waals surface area contributed by atoms with Crippen LogP contribution >= 0.6 is 0 Å². The van der Waals surface area contributed by atoms with E-state index in [1.165, 1.54) is 4.90 Å². The zero-order valence-electron chi connectivity index (χ0n) is 30.7. The van der Waals surface area contributed by atoms with Gasteiger partial charge >= 0.3 is 6.03 Å². The van der Waals surface area contributed by atoms with Crippen LogP contribution in [-0.4, -0.2) is 85.0 Å². The highest BCUT2D eigenvalue weighted by Gasteiger charge is 2.70. The molecule has 274 valence electrons.